The summed E-state index contributed by atoms with van der Waals surface area (Å²) in [6.45, 7) is 7.63. The number of likely N-dealkylation sites (tertiary alicyclic amines) is 1. The van der Waals surface area contributed by atoms with Gasteiger partial charge in [0.2, 0.25) is 5.95 Å². The molecule has 3 fully saturated rings. The molecule has 0 spiro atoms. The van der Waals surface area contributed by atoms with E-state index in [0.29, 0.717) is 29.0 Å². The summed E-state index contributed by atoms with van der Waals surface area (Å²) in [5.74, 6) is 1.61. The molecule has 9 nitrogen and oxygen atoms in total. The van der Waals surface area contributed by atoms with Crippen LogP contribution in [0.25, 0.3) is 11.0 Å². The number of aryl methyl sites for hydroxylation is 1. The molecule has 200 valence electrons. The summed E-state index contributed by atoms with van der Waals surface area (Å²) in [5.41, 5.74) is 2.42. The average Bonchev–Trinajstić information content (AvgIpc) is 3.42. The highest BCUT2D eigenvalue weighted by Gasteiger charge is 2.33. The van der Waals surface area contributed by atoms with Crippen LogP contribution >= 0.6 is 0 Å². The van der Waals surface area contributed by atoms with E-state index >= 15 is 0 Å². The molecule has 2 saturated heterocycles. The summed E-state index contributed by atoms with van der Waals surface area (Å²) in [5, 5.41) is 7.64. The van der Waals surface area contributed by atoms with Gasteiger partial charge in [0.15, 0.2) is 5.78 Å². The molecule has 0 radical (unpaired) electrons. The Labute approximate surface area is 223 Å². The summed E-state index contributed by atoms with van der Waals surface area (Å²) in [7, 11) is 0. The van der Waals surface area contributed by atoms with Crippen LogP contribution in [0.1, 0.15) is 79.4 Å². The predicted molar refractivity (Wildman–Crippen MR) is 148 cm³/mol. The lowest BCUT2D eigenvalue weighted by Crippen LogP contribution is -2.56. The molecule has 3 aromatic rings. The van der Waals surface area contributed by atoms with Gasteiger partial charge in [-0.25, -0.2) is 9.97 Å². The van der Waals surface area contributed by atoms with Crippen LogP contribution in [0.4, 0.5) is 11.8 Å². The highest BCUT2D eigenvalue weighted by Crippen LogP contribution is 2.32. The van der Waals surface area contributed by atoms with Crippen molar-refractivity contribution in [2.24, 2.45) is 5.92 Å². The molecular formula is C29H37N7O2. The van der Waals surface area contributed by atoms with Crippen molar-refractivity contribution >= 4 is 28.6 Å². The van der Waals surface area contributed by atoms with E-state index in [1.165, 1.54) is 31.7 Å². The normalized spacial score (nSPS) is 21.1. The molecule has 0 amide bonds. The second-order valence-corrected chi connectivity index (χ2v) is 11.3. The Balaban J connectivity index is 1.18. The van der Waals surface area contributed by atoms with Crippen molar-refractivity contribution in [2.75, 3.05) is 25.0 Å². The number of carbonyl (C=O) groups is 1. The van der Waals surface area contributed by atoms with Gasteiger partial charge in [-0.2, -0.15) is 4.98 Å². The van der Waals surface area contributed by atoms with E-state index < -0.39 is 0 Å². The van der Waals surface area contributed by atoms with Crippen LogP contribution in [0.15, 0.2) is 29.3 Å². The van der Waals surface area contributed by atoms with Crippen molar-refractivity contribution in [3.8, 4) is 0 Å². The molecule has 5 heterocycles. The third-order valence-electron chi connectivity index (χ3n) is 8.62. The monoisotopic (exact) mass is 515 g/mol. The zero-order valence-corrected chi connectivity index (χ0v) is 22.4. The van der Waals surface area contributed by atoms with Gasteiger partial charge < -0.3 is 10.6 Å². The molecule has 2 N–H and O–H groups in total. The Hall–Kier alpha value is -3.17. The fourth-order valence-corrected chi connectivity index (χ4v) is 6.55. The van der Waals surface area contributed by atoms with Crippen molar-refractivity contribution in [3.63, 3.8) is 0 Å². The number of carbonyl (C=O) groups excluding carboxylic acids is 1. The van der Waals surface area contributed by atoms with Gasteiger partial charge in [0, 0.05) is 49.5 Å². The highest BCUT2D eigenvalue weighted by molar-refractivity contribution is 5.99. The molecule has 6 rings (SSSR count). The molecule has 3 aliphatic rings. The molecule has 38 heavy (non-hydrogen) atoms. The van der Waals surface area contributed by atoms with Gasteiger partial charge in [0.1, 0.15) is 11.5 Å². The molecule has 1 saturated carbocycles. The van der Waals surface area contributed by atoms with Gasteiger partial charge >= 0.3 is 0 Å². The number of rotatable bonds is 7. The number of hydrogen-bond acceptors (Lipinski definition) is 8. The van der Waals surface area contributed by atoms with Crippen molar-refractivity contribution in [1.29, 1.82) is 0 Å². The maximum atomic E-state index is 13.4. The fraction of sp³-hybridized carbons (Fsp3) is 0.552. The number of nitrogens with one attached hydrogen (secondary N) is 2. The van der Waals surface area contributed by atoms with Gasteiger partial charge in [-0.3, -0.25) is 19.1 Å². The number of fused-ring (bicyclic) bond motifs is 1. The molecule has 2 aliphatic heterocycles. The van der Waals surface area contributed by atoms with E-state index in [1.54, 1.807) is 10.8 Å². The predicted octanol–water partition coefficient (Wildman–Crippen LogP) is 4.13. The first-order valence-corrected chi connectivity index (χ1v) is 14.1. The van der Waals surface area contributed by atoms with Crippen LogP contribution in [-0.2, 0) is 6.54 Å². The summed E-state index contributed by atoms with van der Waals surface area (Å²) < 4.78 is 1.73. The topological polar surface area (TPSA) is 105 Å². The Bertz CT molecular complexity index is 1380. The van der Waals surface area contributed by atoms with Crippen LogP contribution in [0.2, 0.25) is 0 Å². The van der Waals surface area contributed by atoms with Crippen molar-refractivity contribution in [1.82, 2.24) is 29.7 Å². The first kappa shape index (κ1) is 25.1. The Morgan fingerprint density at radius 2 is 1.87 bits per heavy atom. The lowest BCUT2D eigenvalue weighted by molar-refractivity contribution is 0.0564. The third-order valence-corrected chi connectivity index (χ3v) is 8.62. The van der Waals surface area contributed by atoms with Crippen molar-refractivity contribution < 1.29 is 4.79 Å². The molecule has 3 aromatic heterocycles. The minimum absolute atomic E-state index is 0.0545. The second kappa shape index (κ2) is 10.5. The van der Waals surface area contributed by atoms with E-state index in [0.717, 1.165) is 63.2 Å². The Kier molecular flexibility index (Phi) is 6.97. The highest BCUT2D eigenvalue weighted by atomic mass is 16.1. The van der Waals surface area contributed by atoms with Gasteiger partial charge in [-0.15, -0.1) is 0 Å². The number of Topliss-reactive ketones (excluding diaryl/α,β-unsaturated/α-hetero) is 1. The van der Waals surface area contributed by atoms with Crippen LogP contribution < -0.4 is 16.2 Å². The summed E-state index contributed by atoms with van der Waals surface area (Å²) in [6, 6.07) is 4.80. The van der Waals surface area contributed by atoms with Crippen LogP contribution in [0.3, 0.4) is 0 Å². The van der Waals surface area contributed by atoms with Crippen molar-refractivity contribution in [3.05, 3.63) is 51.6 Å². The van der Waals surface area contributed by atoms with Crippen LogP contribution in [-0.4, -0.2) is 55.9 Å². The smallest absolute Gasteiger partial charge is 0.263 e. The molecule has 1 unspecified atom stereocenters. The molecule has 9 heteroatoms. The minimum Gasteiger partial charge on any atom is -0.314 e. The zero-order valence-electron chi connectivity index (χ0n) is 22.4. The first-order chi connectivity index (χ1) is 18.5. The van der Waals surface area contributed by atoms with E-state index in [-0.39, 0.29) is 22.9 Å². The van der Waals surface area contributed by atoms with E-state index in [2.05, 4.69) is 31.6 Å². The number of pyridine rings is 2. The summed E-state index contributed by atoms with van der Waals surface area (Å²) in [4.78, 5) is 42.1. The van der Waals surface area contributed by atoms with Gasteiger partial charge in [0.25, 0.3) is 5.56 Å². The number of hydrogen-bond donors (Lipinski definition) is 2. The van der Waals surface area contributed by atoms with E-state index in [4.69, 9.17) is 4.98 Å². The number of anilines is 2. The van der Waals surface area contributed by atoms with Crippen LogP contribution in [0.5, 0.6) is 0 Å². The molecule has 1 atom stereocenters. The second-order valence-electron chi connectivity index (χ2n) is 11.3. The van der Waals surface area contributed by atoms with Crippen LogP contribution in [0, 0.1) is 12.8 Å². The largest absolute Gasteiger partial charge is 0.314 e. The maximum absolute atomic E-state index is 13.4. The molecular weight excluding hydrogens is 478 g/mol. The summed E-state index contributed by atoms with van der Waals surface area (Å²) >= 11 is 0. The van der Waals surface area contributed by atoms with Gasteiger partial charge in [-0.1, -0.05) is 25.3 Å². The fourth-order valence-electron chi connectivity index (χ4n) is 6.55. The van der Waals surface area contributed by atoms with Gasteiger partial charge in [0.05, 0.1) is 5.56 Å². The minimum atomic E-state index is -0.242. The standard InChI is InChI=1S/C29H37N7O2/c1-18-23-14-32-29(34-27(23)36(22-7-3-4-8-22)28(38)26(18)19(2)37)33-25-11-10-20(13-31-25)15-35-16-21(17-35)24-9-5-6-12-30-24/h10-11,13-14,21-22,24,30H,3-9,12,15-17H2,1-2H3,(H,31,32,33,34). The zero-order chi connectivity index (χ0) is 26.2. The number of piperidine rings is 1. The Morgan fingerprint density at radius 1 is 1.08 bits per heavy atom. The molecule has 0 aromatic carbocycles. The van der Waals surface area contributed by atoms with E-state index in [1.807, 2.05) is 19.2 Å². The number of nitrogens with zero attached hydrogens (tertiary/aromatic N) is 5. The SMILES string of the molecule is CC(=O)c1c(C)c2cnc(Nc3ccc(CN4CC(C5CCCCN5)C4)cn3)nc2n(C2CCCC2)c1=O. The van der Waals surface area contributed by atoms with E-state index in [9.17, 15) is 9.59 Å². The summed E-state index contributed by atoms with van der Waals surface area (Å²) in [6.07, 6.45) is 11.6. The van der Waals surface area contributed by atoms with Crippen molar-refractivity contribution in [2.45, 2.75) is 77.4 Å². The Morgan fingerprint density at radius 3 is 2.55 bits per heavy atom. The first-order valence-electron chi connectivity index (χ1n) is 14.1. The lowest BCUT2D eigenvalue weighted by Gasteiger charge is -2.45. The quantitative estimate of drug-likeness (QED) is 0.453. The number of aromatic nitrogens is 4. The maximum Gasteiger partial charge on any atom is 0.263 e. The van der Waals surface area contributed by atoms with Gasteiger partial charge in [-0.05, 0) is 69.2 Å². The average molecular weight is 516 g/mol. The number of ketones is 1. The molecule has 1 aliphatic carbocycles. The lowest BCUT2D eigenvalue weighted by atomic mass is 9.86. The molecule has 0 bridgehead atoms. The third kappa shape index (κ3) is 4.85.